The van der Waals surface area contributed by atoms with Crippen molar-refractivity contribution in [2.24, 2.45) is 0 Å². The number of carbonyl (C=O) groups is 1. The Morgan fingerprint density at radius 3 is 3.15 bits per heavy atom. The molecule has 0 fully saturated rings. The van der Waals surface area contributed by atoms with E-state index >= 15 is 0 Å². The summed E-state index contributed by atoms with van der Waals surface area (Å²) in [6.07, 6.45) is 0.393. The smallest absolute Gasteiger partial charge is 0.306 e. The number of thioether (sulfide) groups is 1. The minimum atomic E-state index is -0.169. The van der Waals surface area contributed by atoms with Gasteiger partial charge in [-0.3, -0.25) is 4.79 Å². The number of hydrogen-bond donors (Lipinski definition) is 0. The summed E-state index contributed by atoms with van der Waals surface area (Å²) < 4.78 is 10.1. The van der Waals surface area contributed by atoms with E-state index in [-0.39, 0.29) is 11.2 Å². The Bertz CT molecular complexity index is 540. The quantitative estimate of drug-likeness (QED) is 0.730. The number of rotatable bonds is 7. The van der Waals surface area contributed by atoms with E-state index in [0.717, 1.165) is 5.56 Å². The van der Waals surface area contributed by atoms with E-state index in [1.165, 1.54) is 0 Å². The van der Waals surface area contributed by atoms with Crippen molar-refractivity contribution in [2.45, 2.75) is 31.3 Å². The average Bonchev–Trinajstić information content (AvgIpc) is 3.07. The molecule has 1 atom stereocenters. The van der Waals surface area contributed by atoms with Crippen LogP contribution in [0.5, 0.6) is 0 Å². The predicted octanol–water partition coefficient (Wildman–Crippen LogP) is 3.37. The average molecular weight is 312 g/mol. The predicted molar refractivity (Wildman–Crippen MR) is 79.6 cm³/mol. The highest BCUT2D eigenvalue weighted by Crippen LogP contribution is 2.23. The maximum atomic E-state index is 11.3. The minimum absolute atomic E-state index is 0.158. The van der Waals surface area contributed by atoms with Crippen LogP contribution in [-0.4, -0.2) is 28.0 Å². The van der Waals surface area contributed by atoms with Crippen molar-refractivity contribution in [1.29, 1.82) is 0 Å². The van der Waals surface area contributed by atoms with Crippen LogP contribution in [0.25, 0.3) is 11.4 Å². The summed E-state index contributed by atoms with van der Waals surface area (Å²) in [5.74, 6) is 1.61. The summed E-state index contributed by atoms with van der Waals surface area (Å²) >= 11 is 3.19. The molecule has 0 aliphatic carbocycles. The lowest BCUT2D eigenvalue weighted by Gasteiger charge is -2.08. The van der Waals surface area contributed by atoms with Crippen molar-refractivity contribution >= 4 is 29.1 Å². The molecule has 2 rings (SSSR count). The van der Waals surface area contributed by atoms with Gasteiger partial charge in [0.1, 0.15) is 0 Å². The number of ether oxygens (including phenoxy) is 1. The molecule has 2 aromatic rings. The Balaban J connectivity index is 1.81. The molecule has 2 heterocycles. The Morgan fingerprint density at radius 2 is 2.45 bits per heavy atom. The largest absolute Gasteiger partial charge is 0.466 e. The third-order valence-electron chi connectivity index (χ3n) is 2.50. The van der Waals surface area contributed by atoms with E-state index in [2.05, 4.69) is 10.1 Å². The molecule has 108 valence electrons. The van der Waals surface area contributed by atoms with Crippen LogP contribution in [0.15, 0.2) is 21.3 Å². The van der Waals surface area contributed by atoms with Crippen LogP contribution < -0.4 is 0 Å². The molecule has 0 radical (unpaired) electrons. The Morgan fingerprint density at radius 1 is 1.60 bits per heavy atom. The summed E-state index contributed by atoms with van der Waals surface area (Å²) in [6.45, 7) is 4.21. The number of hydrogen-bond acceptors (Lipinski definition) is 7. The van der Waals surface area contributed by atoms with Crippen LogP contribution in [0.2, 0.25) is 0 Å². The van der Waals surface area contributed by atoms with Gasteiger partial charge < -0.3 is 9.26 Å². The summed E-state index contributed by atoms with van der Waals surface area (Å²) in [6, 6.07) is 1.95. The fourth-order valence-electron chi connectivity index (χ4n) is 1.55. The van der Waals surface area contributed by atoms with Crippen LogP contribution in [0.3, 0.4) is 0 Å². The van der Waals surface area contributed by atoms with E-state index < -0.39 is 0 Å². The van der Waals surface area contributed by atoms with Gasteiger partial charge in [0.2, 0.25) is 11.7 Å². The van der Waals surface area contributed by atoms with Crippen molar-refractivity contribution in [2.75, 3.05) is 6.61 Å². The molecule has 2 aromatic heterocycles. The van der Waals surface area contributed by atoms with Crippen molar-refractivity contribution in [1.82, 2.24) is 10.1 Å². The molecule has 0 bridgehead atoms. The Kier molecular flexibility index (Phi) is 5.60. The molecule has 0 N–H and O–H groups in total. The van der Waals surface area contributed by atoms with Crippen molar-refractivity contribution < 1.29 is 14.1 Å². The van der Waals surface area contributed by atoms with E-state index in [1.807, 2.05) is 23.8 Å². The summed E-state index contributed by atoms with van der Waals surface area (Å²) in [7, 11) is 0. The Labute approximate surface area is 125 Å². The maximum Gasteiger partial charge on any atom is 0.306 e. The molecule has 0 aliphatic rings. The lowest BCUT2D eigenvalue weighted by molar-refractivity contribution is -0.142. The third kappa shape index (κ3) is 4.35. The molecular formula is C13H16N2O3S2. The zero-order valence-electron chi connectivity index (χ0n) is 11.4. The molecule has 0 saturated heterocycles. The molecule has 0 spiro atoms. The van der Waals surface area contributed by atoms with Crippen LogP contribution in [0.4, 0.5) is 0 Å². The molecule has 0 aromatic carbocycles. The van der Waals surface area contributed by atoms with Crippen LogP contribution in [0.1, 0.15) is 26.2 Å². The molecule has 0 saturated carbocycles. The first-order valence-corrected chi connectivity index (χ1v) is 8.30. The molecule has 0 unspecified atom stereocenters. The Hall–Kier alpha value is -1.34. The first-order chi connectivity index (χ1) is 9.69. The highest BCUT2D eigenvalue weighted by molar-refractivity contribution is 7.99. The van der Waals surface area contributed by atoms with Gasteiger partial charge >= 0.3 is 5.97 Å². The normalized spacial score (nSPS) is 12.3. The van der Waals surface area contributed by atoms with Crippen molar-refractivity contribution in [3.05, 3.63) is 22.7 Å². The van der Waals surface area contributed by atoms with Crippen LogP contribution in [0, 0.1) is 0 Å². The van der Waals surface area contributed by atoms with Gasteiger partial charge in [-0.2, -0.15) is 16.3 Å². The molecular weight excluding hydrogens is 296 g/mol. The van der Waals surface area contributed by atoms with E-state index in [1.54, 1.807) is 30.0 Å². The number of thiophene rings is 1. The highest BCUT2D eigenvalue weighted by atomic mass is 32.2. The van der Waals surface area contributed by atoms with Crippen LogP contribution >= 0.6 is 23.1 Å². The van der Waals surface area contributed by atoms with E-state index in [0.29, 0.717) is 30.5 Å². The van der Waals surface area contributed by atoms with Gasteiger partial charge in [0.25, 0.3) is 0 Å². The second-order valence-electron chi connectivity index (χ2n) is 4.15. The van der Waals surface area contributed by atoms with Crippen molar-refractivity contribution in [3.8, 4) is 11.4 Å². The monoisotopic (exact) mass is 312 g/mol. The minimum Gasteiger partial charge on any atom is -0.466 e. The second-order valence-corrected chi connectivity index (χ2v) is 6.36. The zero-order chi connectivity index (χ0) is 14.4. The molecule has 0 aliphatic heterocycles. The van der Waals surface area contributed by atoms with Gasteiger partial charge in [0, 0.05) is 16.2 Å². The van der Waals surface area contributed by atoms with Gasteiger partial charge in [-0.1, -0.05) is 12.1 Å². The number of esters is 1. The first-order valence-electron chi connectivity index (χ1n) is 6.31. The van der Waals surface area contributed by atoms with Gasteiger partial charge in [-0.15, -0.1) is 11.8 Å². The topological polar surface area (TPSA) is 65.2 Å². The summed E-state index contributed by atoms with van der Waals surface area (Å²) in [4.78, 5) is 15.7. The maximum absolute atomic E-state index is 11.3. The fourth-order valence-corrected chi connectivity index (χ4v) is 2.98. The third-order valence-corrected chi connectivity index (χ3v) is 4.33. The lowest BCUT2D eigenvalue weighted by atomic mass is 10.3. The lowest BCUT2D eigenvalue weighted by Crippen LogP contribution is -2.10. The fraction of sp³-hybridized carbons (Fsp3) is 0.462. The number of aromatic nitrogens is 2. The van der Waals surface area contributed by atoms with Gasteiger partial charge in [-0.25, -0.2) is 0 Å². The standard InChI is InChI=1S/C13H16N2O3S2/c1-3-17-12(16)6-9(2)20-8-11-14-13(15-18-11)10-4-5-19-7-10/h4-5,7,9H,3,6,8H2,1-2H3/t9-/m1/s1. The molecule has 5 nitrogen and oxygen atoms in total. The molecule has 0 amide bonds. The van der Waals surface area contributed by atoms with Crippen molar-refractivity contribution in [3.63, 3.8) is 0 Å². The molecule has 7 heteroatoms. The number of nitrogens with zero attached hydrogens (tertiary/aromatic N) is 2. The van der Waals surface area contributed by atoms with E-state index in [9.17, 15) is 4.79 Å². The zero-order valence-corrected chi connectivity index (χ0v) is 13.0. The second kappa shape index (κ2) is 7.44. The SMILES string of the molecule is CCOC(=O)C[C@@H](C)SCc1nc(-c2ccsc2)no1. The number of carbonyl (C=O) groups excluding carboxylic acids is 1. The highest BCUT2D eigenvalue weighted by Gasteiger charge is 2.13. The van der Waals surface area contributed by atoms with Gasteiger partial charge in [-0.05, 0) is 18.4 Å². The molecule has 20 heavy (non-hydrogen) atoms. The van der Waals surface area contributed by atoms with Gasteiger partial charge in [0.15, 0.2) is 0 Å². The van der Waals surface area contributed by atoms with Gasteiger partial charge in [0.05, 0.1) is 18.8 Å². The summed E-state index contributed by atoms with van der Waals surface area (Å²) in [5, 5.41) is 8.05. The summed E-state index contributed by atoms with van der Waals surface area (Å²) in [5.41, 5.74) is 0.967. The van der Waals surface area contributed by atoms with E-state index in [4.69, 9.17) is 9.26 Å². The van der Waals surface area contributed by atoms with Crippen LogP contribution in [-0.2, 0) is 15.3 Å². The first kappa shape index (κ1) is 15.1.